The van der Waals surface area contributed by atoms with Gasteiger partial charge in [0.15, 0.2) is 0 Å². The maximum Gasteiger partial charge on any atom is 0.236 e. The highest BCUT2D eigenvalue weighted by molar-refractivity contribution is 5.80. The molecule has 0 aliphatic carbocycles. The molecule has 0 aromatic rings. The lowest BCUT2D eigenvalue weighted by molar-refractivity contribution is -0.122. The summed E-state index contributed by atoms with van der Waals surface area (Å²) in [7, 11) is 3.84. The number of hydrogen-bond donors (Lipinski definition) is 2. The van der Waals surface area contributed by atoms with Gasteiger partial charge >= 0.3 is 0 Å². The summed E-state index contributed by atoms with van der Waals surface area (Å²) in [5.41, 5.74) is 0. The van der Waals surface area contributed by atoms with Crippen LogP contribution in [0.3, 0.4) is 0 Å². The fourth-order valence-electron chi connectivity index (χ4n) is 2.02. The highest BCUT2D eigenvalue weighted by atomic mass is 16.2. The van der Waals surface area contributed by atoms with Crippen LogP contribution in [-0.4, -0.2) is 50.1 Å². The molecule has 1 saturated heterocycles. The van der Waals surface area contributed by atoms with E-state index in [2.05, 4.69) is 22.6 Å². The van der Waals surface area contributed by atoms with Crippen LogP contribution in [0.4, 0.5) is 0 Å². The number of carbonyl (C=O) groups is 1. The van der Waals surface area contributed by atoms with Crippen molar-refractivity contribution in [2.75, 3.05) is 27.2 Å². The lowest BCUT2D eigenvalue weighted by Crippen LogP contribution is -2.48. The summed E-state index contributed by atoms with van der Waals surface area (Å²) in [4.78, 5) is 13.7. The molecule has 1 heterocycles. The molecular formula is C11H23N3O. The molecule has 0 bridgehead atoms. The maximum atomic E-state index is 11.3. The van der Waals surface area contributed by atoms with Gasteiger partial charge in [-0.2, -0.15) is 0 Å². The van der Waals surface area contributed by atoms with E-state index in [0.717, 1.165) is 6.54 Å². The Hall–Kier alpha value is -0.610. The SMILES string of the molecule is CNC(=O)C(C)NCC1CCCCN1C. The predicted octanol–water partition coefficient (Wildman–Crippen LogP) is 0.195. The number of likely N-dealkylation sites (tertiary alicyclic amines) is 1. The summed E-state index contributed by atoms with van der Waals surface area (Å²) in [5.74, 6) is 0.0634. The van der Waals surface area contributed by atoms with Gasteiger partial charge < -0.3 is 15.5 Å². The average Bonchev–Trinajstić information content (AvgIpc) is 2.26. The molecule has 15 heavy (non-hydrogen) atoms. The molecule has 2 atom stereocenters. The average molecular weight is 213 g/mol. The number of piperidine rings is 1. The molecule has 1 aliphatic rings. The van der Waals surface area contributed by atoms with Crippen molar-refractivity contribution >= 4 is 5.91 Å². The zero-order valence-electron chi connectivity index (χ0n) is 10.0. The van der Waals surface area contributed by atoms with Crippen LogP contribution in [0.15, 0.2) is 0 Å². The molecule has 1 fully saturated rings. The Morgan fingerprint density at radius 3 is 2.87 bits per heavy atom. The van der Waals surface area contributed by atoms with E-state index in [1.807, 2.05) is 6.92 Å². The van der Waals surface area contributed by atoms with Crippen molar-refractivity contribution in [1.29, 1.82) is 0 Å². The summed E-state index contributed by atoms with van der Waals surface area (Å²) in [5, 5.41) is 5.93. The molecular weight excluding hydrogens is 190 g/mol. The third-order valence-corrected chi connectivity index (χ3v) is 3.22. The van der Waals surface area contributed by atoms with Crippen LogP contribution in [0.5, 0.6) is 0 Å². The van der Waals surface area contributed by atoms with Gasteiger partial charge in [-0.3, -0.25) is 4.79 Å². The van der Waals surface area contributed by atoms with Gasteiger partial charge in [0, 0.05) is 19.6 Å². The van der Waals surface area contributed by atoms with E-state index in [-0.39, 0.29) is 11.9 Å². The number of carbonyl (C=O) groups excluding carboxylic acids is 1. The molecule has 1 aliphatic heterocycles. The molecule has 4 heteroatoms. The Balaban J connectivity index is 2.26. The predicted molar refractivity (Wildman–Crippen MR) is 61.8 cm³/mol. The Kier molecular flexibility index (Phi) is 5.05. The second-order valence-electron chi connectivity index (χ2n) is 4.37. The van der Waals surface area contributed by atoms with Crippen LogP contribution >= 0.6 is 0 Å². The van der Waals surface area contributed by atoms with E-state index in [1.54, 1.807) is 7.05 Å². The van der Waals surface area contributed by atoms with Crippen molar-refractivity contribution in [3.8, 4) is 0 Å². The lowest BCUT2D eigenvalue weighted by Gasteiger charge is -2.33. The van der Waals surface area contributed by atoms with Crippen LogP contribution in [0.2, 0.25) is 0 Å². The summed E-state index contributed by atoms with van der Waals surface area (Å²) in [6.45, 7) is 3.99. The number of rotatable bonds is 4. The molecule has 2 unspecified atom stereocenters. The molecule has 2 N–H and O–H groups in total. The number of nitrogens with zero attached hydrogens (tertiary/aromatic N) is 1. The van der Waals surface area contributed by atoms with E-state index in [9.17, 15) is 4.79 Å². The number of hydrogen-bond acceptors (Lipinski definition) is 3. The van der Waals surface area contributed by atoms with Crippen LogP contribution in [-0.2, 0) is 4.79 Å². The van der Waals surface area contributed by atoms with Gasteiger partial charge in [-0.1, -0.05) is 6.42 Å². The molecule has 1 amide bonds. The zero-order valence-corrected chi connectivity index (χ0v) is 10.0. The normalized spacial score (nSPS) is 24.9. The van der Waals surface area contributed by atoms with Crippen molar-refractivity contribution in [2.24, 2.45) is 0 Å². The Bertz CT molecular complexity index is 208. The first-order chi connectivity index (χ1) is 7.15. The largest absolute Gasteiger partial charge is 0.358 e. The van der Waals surface area contributed by atoms with E-state index >= 15 is 0 Å². The van der Waals surface area contributed by atoms with Crippen molar-refractivity contribution in [2.45, 2.75) is 38.3 Å². The van der Waals surface area contributed by atoms with Crippen molar-refractivity contribution in [3.63, 3.8) is 0 Å². The Morgan fingerprint density at radius 1 is 1.53 bits per heavy atom. The lowest BCUT2D eigenvalue weighted by atomic mass is 10.0. The molecule has 88 valence electrons. The van der Waals surface area contributed by atoms with Crippen LogP contribution in [0.1, 0.15) is 26.2 Å². The second kappa shape index (κ2) is 6.08. The third-order valence-electron chi connectivity index (χ3n) is 3.22. The van der Waals surface area contributed by atoms with Gasteiger partial charge in [0.25, 0.3) is 0 Å². The number of likely N-dealkylation sites (N-methyl/N-ethyl adjacent to an activating group) is 2. The fourth-order valence-corrected chi connectivity index (χ4v) is 2.02. The first-order valence-corrected chi connectivity index (χ1v) is 5.80. The summed E-state index contributed by atoms with van der Waals surface area (Å²) in [6.07, 6.45) is 3.85. The first-order valence-electron chi connectivity index (χ1n) is 5.80. The van der Waals surface area contributed by atoms with Crippen LogP contribution in [0, 0.1) is 0 Å². The summed E-state index contributed by atoms with van der Waals surface area (Å²) < 4.78 is 0. The monoisotopic (exact) mass is 213 g/mol. The maximum absolute atomic E-state index is 11.3. The molecule has 4 nitrogen and oxygen atoms in total. The quantitative estimate of drug-likeness (QED) is 0.701. The van der Waals surface area contributed by atoms with E-state index in [4.69, 9.17) is 0 Å². The molecule has 0 spiro atoms. The van der Waals surface area contributed by atoms with Crippen LogP contribution < -0.4 is 10.6 Å². The Labute approximate surface area is 92.4 Å². The van der Waals surface area contributed by atoms with Crippen molar-refractivity contribution < 1.29 is 4.79 Å². The van der Waals surface area contributed by atoms with E-state index in [0.29, 0.717) is 6.04 Å². The smallest absolute Gasteiger partial charge is 0.236 e. The second-order valence-corrected chi connectivity index (χ2v) is 4.37. The van der Waals surface area contributed by atoms with Gasteiger partial charge in [0.2, 0.25) is 5.91 Å². The summed E-state index contributed by atoms with van der Waals surface area (Å²) in [6, 6.07) is 0.496. The fraction of sp³-hybridized carbons (Fsp3) is 0.909. The van der Waals surface area contributed by atoms with Crippen LogP contribution in [0.25, 0.3) is 0 Å². The molecule has 0 radical (unpaired) electrons. The zero-order chi connectivity index (χ0) is 11.3. The number of amides is 1. The first kappa shape index (κ1) is 12.5. The van der Waals surface area contributed by atoms with E-state index < -0.39 is 0 Å². The van der Waals surface area contributed by atoms with Gasteiger partial charge in [-0.15, -0.1) is 0 Å². The van der Waals surface area contributed by atoms with E-state index in [1.165, 1.54) is 25.8 Å². The minimum absolute atomic E-state index is 0.0634. The van der Waals surface area contributed by atoms with Crippen molar-refractivity contribution in [3.05, 3.63) is 0 Å². The third kappa shape index (κ3) is 3.80. The topological polar surface area (TPSA) is 44.4 Å². The minimum atomic E-state index is -0.0923. The van der Waals surface area contributed by atoms with Gasteiger partial charge in [0.05, 0.1) is 6.04 Å². The standard InChI is InChI=1S/C11H23N3O/c1-9(11(15)12-2)13-8-10-6-4-5-7-14(10)3/h9-10,13H,4-8H2,1-3H3,(H,12,15). The van der Waals surface area contributed by atoms with Gasteiger partial charge in [-0.05, 0) is 33.4 Å². The molecule has 1 rings (SSSR count). The molecule has 0 aromatic carbocycles. The molecule has 0 aromatic heterocycles. The number of nitrogens with one attached hydrogen (secondary N) is 2. The summed E-state index contributed by atoms with van der Waals surface area (Å²) >= 11 is 0. The highest BCUT2D eigenvalue weighted by Crippen LogP contribution is 2.13. The van der Waals surface area contributed by atoms with Gasteiger partial charge in [-0.25, -0.2) is 0 Å². The highest BCUT2D eigenvalue weighted by Gasteiger charge is 2.20. The molecule has 0 saturated carbocycles. The van der Waals surface area contributed by atoms with Gasteiger partial charge in [0.1, 0.15) is 0 Å². The van der Waals surface area contributed by atoms with Crippen molar-refractivity contribution in [1.82, 2.24) is 15.5 Å². The minimum Gasteiger partial charge on any atom is -0.358 e. The Morgan fingerprint density at radius 2 is 2.27 bits per heavy atom.